The Kier molecular flexibility index (Phi) is 3.34. The van der Waals surface area contributed by atoms with Gasteiger partial charge in [0.2, 0.25) is 4.47 Å². The first-order valence-electron chi connectivity index (χ1n) is 4.39. The molecular formula is C10H6ClN3OS. The minimum absolute atomic E-state index is 0.305. The largest absolute Gasteiger partial charge is 0.486 e. The lowest BCUT2D eigenvalue weighted by molar-refractivity contribution is 0.304. The molecule has 1 aromatic heterocycles. The summed E-state index contributed by atoms with van der Waals surface area (Å²) >= 11 is 6.91. The van der Waals surface area contributed by atoms with Gasteiger partial charge in [0.15, 0.2) is 5.01 Å². The summed E-state index contributed by atoms with van der Waals surface area (Å²) in [5.74, 6) is 0.630. The summed E-state index contributed by atoms with van der Waals surface area (Å²) < 4.78 is 5.84. The minimum Gasteiger partial charge on any atom is -0.486 e. The number of halogens is 1. The molecule has 0 radical (unpaired) electrons. The third kappa shape index (κ3) is 2.69. The van der Waals surface area contributed by atoms with E-state index in [1.807, 2.05) is 6.07 Å². The third-order valence-electron chi connectivity index (χ3n) is 1.77. The monoisotopic (exact) mass is 251 g/mol. The lowest BCUT2D eigenvalue weighted by atomic mass is 10.2. The number of hydrogen-bond acceptors (Lipinski definition) is 5. The molecule has 0 saturated heterocycles. The van der Waals surface area contributed by atoms with Gasteiger partial charge >= 0.3 is 0 Å². The standard InChI is InChI=1S/C10H6ClN3OS/c11-10-14-13-9(16-10)6-15-8-3-1-2-7(4-8)5-12/h1-4H,6H2. The van der Waals surface area contributed by atoms with Crippen LogP contribution >= 0.6 is 22.9 Å². The molecule has 0 aliphatic rings. The number of ether oxygens (including phenoxy) is 1. The molecule has 0 amide bonds. The molecule has 80 valence electrons. The van der Waals surface area contributed by atoms with E-state index in [1.165, 1.54) is 11.3 Å². The van der Waals surface area contributed by atoms with Crippen LogP contribution in [0.3, 0.4) is 0 Å². The molecule has 16 heavy (non-hydrogen) atoms. The molecule has 1 heterocycles. The molecule has 0 bridgehead atoms. The van der Waals surface area contributed by atoms with Crippen molar-refractivity contribution in [1.82, 2.24) is 10.2 Å². The van der Waals surface area contributed by atoms with Gasteiger partial charge in [0.05, 0.1) is 11.6 Å². The quantitative estimate of drug-likeness (QED) is 0.841. The molecule has 0 saturated carbocycles. The second-order valence-corrected chi connectivity index (χ2v) is 4.52. The molecule has 2 aromatic rings. The van der Waals surface area contributed by atoms with Crippen LogP contribution in [0.4, 0.5) is 0 Å². The van der Waals surface area contributed by atoms with Gasteiger partial charge in [-0.05, 0) is 29.8 Å². The van der Waals surface area contributed by atoms with Crippen LogP contribution < -0.4 is 4.74 Å². The van der Waals surface area contributed by atoms with Crippen LogP contribution in [0.15, 0.2) is 24.3 Å². The Morgan fingerprint density at radius 2 is 2.31 bits per heavy atom. The molecule has 6 heteroatoms. The van der Waals surface area contributed by atoms with Crippen molar-refractivity contribution in [1.29, 1.82) is 5.26 Å². The zero-order valence-electron chi connectivity index (χ0n) is 8.05. The van der Waals surface area contributed by atoms with Gasteiger partial charge in [-0.1, -0.05) is 17.4 Å². The zero-order chi connectivity index (χ0) is 11.4. The number of benzene rings is 1. The topological polar surface area (TPSA) is 58.8 Å². The lowest BCUT2D eigenvalue weighted by Crippen LogP contribution is -1.94. The molecule has 2 rings (SSSR count). The predicted octanol–water partition coefficient (Wildman–Crippen LogP) is 2.64. The SMILES string of the molecule is N#Cc1cccc(OCc2nnc(Cl)s2)c1. The van der Waals surface area contributed by atoms with Crippen LogP contribution in [0.2, 0.25) is 4.47 Å². The molecule has 4 nitrogen and oxygen atoms in total. The highest BCUT2D eigenvalue weighted by Gasteiger charge is 2.03. The fraction of sp³-hybridized carbons (Fsp3) is 0.100. The first kappa shape index (κ1) is 10.9. The second-order valence-electron chi connectivity index (χ2n) is 2.88. The van der Waals surface area contributed by atoms with Crippen LogP contribution in [0.1, 0.15) is 10.6 Å². The molecule has 0 atom stereocenters. The molecule has 0 aliphatic carbocycles. The van der Waals surface area contributed by atoms with Crippen molar-refractivity contribution >= 4 is 22.9 Å². The average molecular weight is 252 g/mol. The Hall–Kier alpha value is -1.64. The van der Waals surface area contributed by atoms with Crippen molar-refractivity contribution in [3.05, 3.63) is 39.3 Å². The van der Waals surface area contributed by atoms with Crippen molar-refractivity contribution in [3.8, 4) is 11.8 Å². The van der Waals surface area contributed by atoms with E-state index in [0.717, 1.165) is 0 Å². The van der Waals surface area contributed by atoms with Gasteiger partial charge in [0.1, 0.15) is 12.4 Å². The first-order valence-corrected chi connectivity index (χ1v) is 5.58. The maximum Gasteiger partial charge on any atom is 0.207 e. The Labute approximate surface area is 101 Å². The lowest BCUT2D eigenvalue weighted by Gasteiger charge is -2.02. The van der Waals surface area contributed by atoms with Crippen LogP contribution in [-0.2, 0) is 6.61 Å². The fourth-order valence-corrected chi connectivity index (χ4v) is 1.87. The Morgan fingerprint density at radius 3 is 3.00 bits per heavy atom. The number of hydrogen-bond donors (Lipinski definition) is 0. The van der Waals surface area contributed by atoms with Crippen LogP contribution in [-0.4, -0.2) is 10.2 Å². The van der Waals surface area contributed by atoms with E-state index in [4.69, 9.17) is 21.6 Å². The van der Waals surface area contributed by atoms with Crippen molar-refractivity contribution in [2.45, 2.75) is 6.61 Å². The van der Waals surface area contributed by atoms with Gasteiger partial charge in [0, 0.05) is 0 Å². The summed E-state index contributed by atoms with van der Waals surface area (Å²) in [6.45, 7) is 0.305. The highest BCUT2D eigenvalue weighted by Crippen LogP contribution is 2.18. The van der Waals surface area contributed by atoms with Gasteiger partial charge in [-0.15, -0.1) is 10.2 Å². The summed E-state index contributed by atoms with van der Waals surface area (Å²) in [6, 6.07) is 8.98. The van der Waals surface area contributed by atoms with Crippen molar-refractivity contribution < 1.29 is 4.74 Å². The summed E-state index contributed by atoms with van der Waals surface area (Å²) in [7, 11) is 0. The van der Waals surface area contributed by atoms with Crippen LogP contribution in [0, 0.1) is 11.3 Å². The first-order chi connectivity index (χ1) is 7.78. The molecular weight excluding hydrogens is 246 g/mol. The maximum atomic E-state index is 8.71. The Balaban J connectivity index is 2.02. The van der Waals surface area contributed by atoms with E-state index < -0.39 is 0 Å². The maximum absolute atomic E-state index is 8.71. The molecule has 0 fully saturated rings. The molecule has 0 unspecified atom stereocenters. The van der Waals surface area contributed by atoms with Crippen LogP contribution in [0.25, 0.3) is 0 Å². The second kappa shape index (κ2) is 4.92. The molecule has 1 aromatic carbocycles. The number of nitrogens with zero attached hydrogens (tertiary/aromatic N) is 3. The summed E-state index contributed by atoms with van der Waals surface area (Å²) in [5, 5.41) is 16.9. The molecule has 0 spiro atoms. The van der Waals surface area contributed by atoms with Gasteiger partial charge in [-0.3, -0.25) is 0 Å². The fourth-order valence-electron chi connectivity index (χ4n) is 1.09. The number of nitriles is 1. The third-order valence-corrected chi connectivity index (χ3v) is 2.76. The van der Waals surface area contributed by atoms with E-state index in [9.17, 15) is 0 Å². The highest BCUT2D eigenvalue weighted by atomic mass is 35.5. The highest BCUT2D eigenvalue weighted by molar-refractivity contribution is 7.15. The molecule has 0 aliphatic heterocycles. The summed E-state index contributed by atoms with van der Waals surface area (Å²) in [4.78, 5) is 0. The minimum atomic E-state index is 0.305. The zero-order valence-corrected chi connectivity index (χ0v) is 9.63. The summed E-state index contributed by atoms with van der Waals surface area (Å²) in [5.41, 5.74) is 0.563. The van der Waals surface area contributed by atoms with Crippen LogP contribution in [0.5, 0.6) is 5.75 Å². The Morgan fingerprint density at radius 1 is 1.44 bits per heavy atom. The normalized spacial score (nSPS) is 9.75. The van der Waals surface area contributed by atoms with E-state index in [1.54, 1.807) is 24.3 Å². The predicted molar refractivity (Wildman–Crippen MR) is 60.4 cm³/mol. The Bertz CT molecular complexity index is 535. The smallest absolute Gasteiger partial charge is 0.207 e. The van der Waals surface area contributed by atoms with E-state index in [2.05, 4.69) is 10.2 Å². The van der Waals surface area contributed by atoms with Gasteiger partial charge in [-0.25, -0.2) is 0 Å². The van der Waals surface area contributed by atoms with Gasteiger partial charge < -0.3 is 4.74 Å². The number of rotatable bonds is 3. The molecule has 0 N–H and O–H groups in total. The summed E-state index contributed by atoms with van der Waals surface area (Å²) in [6.07, 6.45) is 0. The van der Waals surface area contributed by atoms with Crippen molar-refractivity contribution in [2.24, 2.45) is 0 Å². The van der Waals surface area contributed by atoms with Crippen molar-refractivity contribution in [2.75, 3.05) is 0 Å². The number of aromatic nitrogens is 2. The van der Waals surface area contributed by atoms with E-state index >= 15 is 0 Å². The van der Waals surface area contributed by atoms with E-state index in [0.29, 0.717) is 27.4 Å². The van der Waals surface area contributed by atoms with Gasteiger partial charge in [0.25, 0.3) is 0 Å². The van der Waals surface area contributed by atoms with E-state index in [-0.39, 0.29) is 0 Å². The average Bonchev–Trinajstić information content (AvgIpc) is 2.73. The van der Waals surface area contributed by atoms with Crippen molar-refractivity contribution in [3.63, 3.8) is 0 Å². The van der Waals surface area contributed by atoms with Gasteiger partial charge in [-0.2, -0.15) is 5.26 Å².